The molecule has 0 spiro atoms. The van der Waals surface area contributed by atoms with Gasteiger partial charge in [0, 0.05) is 18.3 Å². The van der Waals surface area contributed by atoms with Crippen LogP contribution in [0.2, 0.25) is 10.4 Å². The minimum Gasteiger partial charge on any atom is -0.345 e. The van der Waals surface area contributed by atoms with Crippen molar-refractivity contribution >= 4 is 40.3 Å². The molecule has 2 aromatic heterocycles. The maximum atomic E-state index is 6.02. The second-order valence-electron chi connectivity index (χ2n) is 3.21. The molecule has 2 aromatic rings. The van der Waals surface area contributed by atoms with Crippen LogP contribution in [0.1, 0.15) is 5.56 Å². The molecule has 2 N–H and O–H groups in total. The Hall–Kier alpha value is -1.10. The van der Waals surface area contributed by atoms with E-state index >= 15 is 0 Å². The number of rotatable bonds is 3. The van der Waals surface area contributed by atoms with E-state index in [1.807, 2.05) is 25.4 Å². The van der Waals surface area contributed by atoms with E-state index in [1.54, 1.807) is 0 Å². The van der Waals surface area contributed by atoms with Gasteiger partial charge in [0.15, 0.2) is 0 Å². The predicted molar refractivity (Wildman–Crippen MR) is 66.9 cm³/mol. The summed E-state index contributed by atoms with van der Waals surface area (Å²) in [7, 11) is 1.88. The number of nitrogens with one attached hydrogen (secondary N) is 2. The van der Waals surface area contributed by atoms with Crippen molar-refractivity contribution in [2.75, 3.05) is 13.6 Å². The Morgan fingerprint density at radius 2 is 2.25 bits per heavy atom. The molecule has 0 aliphatic carbocycles. The molecule has 0 amide bonds. The molecule has 0 unspecified atom stereocenters. The van der Waals surface area contributed by atoms with Crippen molar-refractivity contribution in [1.29, 1.82) is 0 Å². The van der Waals surface area contributed by atoms with Crippen molar-refractivity contribution in [3.63, 3.8) is 0 Å². The number of hydrogen-bond acceptors (Lipinski definition) is 3. The van der Waals surface area contributed by atoms with Crippen LogP contribution in [0.4, 0.5) is 0 Å². The van der Waals surface area contributed by atoms with Gasteiger partial charge in [-0.05, 0) is 18.6 Å². The first-order valence-corrected chi connectivity index (χ1v) is 5.49. The largest absolute Gasteiger partial charge is 0.345 e. The summed E-state index contributed by atoms with van der Waals surface area (Å²) in [6.45, 7) is 0.790. The highest BCUT2D eigenvalue weighted by molar-refractivity contribution is 6.36. The van der Waals surface area contributed by atoms with Gasteiger partial charge in [0.05, 0.1) is 5.39 Å². The Labute approximate surface area is 103 Å². The Kier molecular flexibility index (Phi) is 3.43. The lowest BCUT2D eigenvalue weighted by Crippen LogP contribution is -2.03. The molecule has 84 valence electrons. The number of nitrogens with zero attached hydrogens (tertiary/aromatic N) is 2. The van der Waals surface area contributed by atoms with E-state index in [1.165, 1.54) is 0 Å². The molecule has 0 radical (unpaired) electrons. The van der Waals surface area contributed by atoms with E-state index in [0.29, 0.717) is 10.8 Å². The third kappa shape index (κ3) is 2.19. The normalized spacial score (nSPS) is 11.7. The molecule has 0 aliphatic rings. The van der Waals surface area contributed by atoms with Crippen LogP contribution in [0, 0.1) is 0 Å². The summed E-state index contributed by atoms with van der Waals surface area (Å²) in [5.41, 5.74) is 1.60. The monoisotopic (exact) mass is 256 g/mol. The Morgan fingerprint density at radius 1 is 1.44 bits per heavy atom. The number of aromatic nitrogens is 3. The molecule has 0 saturated heterocycles. The second-order valence-corrected chi connectivity index (χ2v) is 3.91. The Morgan fingerprint density at radius 3 is 3.00 bits per heavy atom. The standard InChI is InChI=1S/C10H10Cl2N4/c1-13-4-2-3-6-5-14-9-7(6)8(11)15-10(12)16-9/h2-3,5,13H,4H2,1H3,(H,14,15,16). The van der Waals surface area contributed by atoms with Crippen LogP contribution >= 0.6 is 23.2 Å². The molecule has 0 atom stereocenters. The SMILES string of the molecule is CNCC=Cc1c[nH]c2nc(Cl)nc(Cl)c12. The summed E-state index contributed by atoms with van der Waals surface area (Å²) < 4.78 is 0. The van der Waals surface area contributed by atoms with Gasteiger partial charge in [0.2, 0.25) is 5.28 Å². The van der Waals surface area contributed by atoms with E-state index in [9.17, 15) is 0 Å². The van der Waals surface area contributed by atoms with Crippen molar-refractivity contribution in [3.05, 3.63) is 28.3 Å². The minimum absolute atomic E-state index is 0.144. The van der Waals surface area contributed by atoms with Gasteiger partial charge in [-0.3, -0.25) is 0 Å². The first-order valence-electron chi connectivity index (χ1n) is 4.73. The van der Waals surface area contributed by atoms with Crippen LogP contribution in [-0.4, -0.2) is 28.5 Å². The molecule has 0 fully saturated rings. The van der Waals surface area contributed by atoms with Crippen LogP contribution < -0.4 is 5.32 Å². The average molecular weight is 257 g/mol. The lowest BCUT2D eigenvalue weighted by atomic mass is 10.2. The van der Waals surface area contributed by atoms with Gasteiger partial charge in [-0.25, -0.2) is 4.98 Å². The number of halogens is 2. The third-order valence-corrected chi connectivity index (χ3v) is 2.55. The second kappa shape index (κ2) is 4.82. The molecule has 16 heavy (non-hydrogen) atoms. The summed E-state index contributed by atoms with van der Waals surface area (Å²) in [5, 5.41) is 4.31. The maximum absolute atomic E-state index is 6.02. The van der Waals surface area contributed by atoms with E-state index < -0.39 is 0 Å². The first kappa shape index (κ1) is 11.4. The lowest BCUT2D eigenvalue weighted by Gasteiger charge is -1.96. The molecular weight excluding hydrogens is 247 g/mol. The summed E-state index contributed by atoms with van der Waals surface area (Å²) in [4.78, 5) is 11.0. The molecule has 6 heteroatoms. The molecular formula is C10H10Cl2N4. The van der Waals surface area contributed by atoms with Gasteiger partial charge in [-0.2, -0.15) is 4.98 Å². The summed E-state index contributed by atoms with van der Waals surface area (Å²) in [5.74, 6) is 0. The van der Waals surface area contributed by atoms with Gasteiger partial charge in [-0.15, -0.1) is 0 Å². The molecule has 4 nitrogen and oxygen atoms in total. The smallest absolute Gasteiger partial charge is 0.225 e. The van der Waals surface area contributed by atoms with Crippen LogP contribution in [0.5, 0.6) is 0 Å². The van der Waals surface area contributed by atoms with Crippen LogP contribution in [0.15, 0.2) is 12.3 Å². The average Bonchev–Trinajstić information content (AvgIpc) is 2.62. The van der Waals surface area contributed by atoms with Gasteiger partial charge < -0.3 is 10.3 Å². The zero-order valence-electron chi connectivity index (χ0n) is 8.59. The van der Waals surface area contributed by atoms with Gasteiger partial charge in [0.25, 0.3) is 0 Å². The van der Waals surface area contributed by atoms with Gasteiger partial charge >= 0.3 is 0 Å². The fourth-order valence-electron chi connectivity index (χ4n) is 1.42. The summed E-state index contributed by atoms with van der Waals surface area (Å²) in [6, 6.07) is 0. The van der Waals surface area contributed by atoms with Gasteiger partial charge in [0.1, 0.15) is 10.8 Å². The van der Waals surface area contributed by atoms with Crippen LogP contribution in [0.3, 0.4) is 0 Å². The minimum atomic E-state index is 0.144. The van der Waals surface area contributed by atoms with E-state index in [-0.39, 0.29) is 5.28 Å². The van der Waals surface area contributed by atoms with Crippen molar-refractivity contribution in [2.24, 2.45) is 0 Å². The molecule has 0 bridgehead atoms. The van der Waals surface area contributed by atoms with Crippen molar-refractivity contribution in [2.45, 2.75) is 0 Å². The number of aromatic amines is 1. The van der Waals surface area contributed by atoms with E-state index in [2.05, 4.69) is 20.3 Å². The van der Waals surface area contributed by atoms with Crippen molar-refractivity contribution < 1.29 is 0 Å². The molecule has 0 aliphatic heterocycles. The quantitative estimate of drug-likeness (QED) is 0.656. The number of hydrogen-bond donors (Lipinski definition) is 2. The van der Waals surface area contributed by atoms with E-state index in [0.717, 1.165) is 17.5 Å². The first-order chi connectivity index (χ1) is 7.72. The fourth-order valence-corrected chi connectivity index (χ4v) is 1.91. The summed E-state index contributed by atoms with van der Waals surface area (Å²) in [6.07, 6.45) is 5.78. The number of fused-ring (bicyclic) bond motifs is 1. The van der Waals surface area contributed by atoms with E-state index in [4.69, 9.17) is 23.2 Å². The molecule has 2 rings (SSSR count). The highest BCUT2D eigenvalue weighted by Crippen LogP contribution is 2.25. The third-order valence-electron chi connectivity index (χ3n) is 2.11. The summed E-state index contributed by atoms with van der Waals surface area (Å²) >= 11 is 11.7. The highest BCUT2D eigenvalue weighted by atomic mass is 35.5. The number of likely N-dealkylation sites (N-methyl/N-ethyl adjacent to an activating group) is 1. The van der Waals surface area contributed by atoms with Gasteiger partial charge in [-0.1, -0.05) is 23.8 Å². The van der Waals surface area contributed by atoms with Crippen LogP contribution in [-0.2, 0) is 0 Å². The maximum Gasteiger partial charge on any atom is 0.225 e. The molecule has 2 heterocycles. The zero-order chi connectivity index (χ0) is 11.5. The lowest BCUT2D eigenvalue weighted by molar-refractivity contribution is 0.922. The topological polar surface area (TPSA) is 53.6 Å². The fraction of sp³-hybridized carbons (Fsp3) is 0.200. The van der Waals surface area contributed by atoms with Crippen molar-refractivity contribution in [3.8, 4) is 0 Å². The molecule has 0 saturated carbocycles. The Balaban J connectivity index is 2.48. The van der Waals surface area contributed by atoms with Crippen molar-refractivity contribution in [1.82, 2.24) is 20.3 Å². The highest BCUT2D eigenvalue weighted by Gasteiger charge is 2.09. The predicted octanol–water partition coefficient (Wildman–Crippen LogP) is 2.50. The molecule has 0 aromatic carbocycles. The zero-order valence-corrected chi connectivity index (χ0v) is 10.1. The Bertz CT molecular complexity index is 533. The van der Waals surface area contributed by atoms with Crippen LogP contribution in [0.25, 0.3) is 17.1 Å². The number of H-pyrrole nitrogens is 1.